The predicted molar refractivity (Wildman–Crippen MR) is 81.2 cm³/mol. The Bertz CT molecular complexity index is 707. The molecule has 0 fully saturated rings. The molecule has 0 aliphatic heterocycles. The lowest BCUT2D eigenvalue weighted by Crippen LogP contribution is -2.14. The summed E-state index contributed by atoms with van der Waals surface area (Å²) in [5, 5.41) is 0. The van der Waals surface area contributed by atoms with E-state index in [0.717, 1.165) is 17.7 Å². The molecular weight excluding hydrogens is 250 g/mol. The molecule has 2 aromatic rings. The number of aromatic nitrogens is 4. The molecule has 2 aromatic heterocycles. The molecule has 0 bridgehead atoms. The van der Waals surface area contributed by atoms with E-state index in [1.54, 1.807) is 12.7 Å². The van der Waals surface area contributed by atoms with Crippen molar-refractivity contribution in [1.82, 2.24) is 19.5 Å². The van der Waals surface area contributed by atoms with E-state index in [-0.39, 0.29) is 0 Å². The minimum Gasteiger partial charge on any atom is -0.340 e. The van der Waals surface area contributed by atoms with Crippen molar-refractivity contribution in [3.05, 3.63) is 41.4 Å². The van der Waals surface area contributed by atoms with Gasteiger partial charge in [0.1, 0.15) is 5.52 Å². The van der Waals surface area contributed by atoms with Crippen LogP contribution in [0, 0.1) is 0 Å². The Morgan fingerprint density at radius 1 is 1.20 bits per heavy atom. The van der Waals surface area contributed by atoms with Gasteiger partial charge >= 0.3 is 0 Å². The molecule has 0 radical (unpaired) electrons. The maximum atomic E-state index is 4.50. The first kappa shape index (κ1) is 14.2. The Balaban J connectivity index is 2.41. The minimum atomic E-state index is 0.640. The average Bonchev–Trinajstić information content (AvgIpc) is 2.86. The fraction of sp³-hybridized carbons (Fsp3) is 0.400. The monoisotopic (exact) mass is 271 g/mol. The zero-order valence-electron chi connectivity index (χ0n) is 12.5. The molecule has 0 spiro atoms. The normalized spacial score (nSPS) is 11.7. The van der Waals surface area contributed by atoms with Crippen molar-refractivity contribution in [3.63, 3.8) is 0 Å². The van der Waals surface area contributed by atoms with Gasteiger partial charge in [-0.2, -0.15) is 0 Å². The fourth-order valence-electron chi connectivity index (χ4n) is 1.76. The van der Waals surface area contributed by atoms with Gasteiger partial charge in [0.05, 0.1) is 19.2 Å². The van der Waals surface area contributed by atoms with Crippen molar-refractivity contribution in [1.29, 1.82) is 0 Å². The van der Waals surface area contributed by atoms with E-state index < -0.39 is 0 Å². The van der Waals surface area contributed by atoms with Crippen molar-refractivity contribution < 1.29 is 0 Å². The minimum absolute atomic E-state index is 0.640. The predicted octanol–water partition coefficient (Wildman–Crippen LogP) is 2.59. The first-order chi connectivity index (χ1) is 9.58. The van der Waals surface area contributed by atoms with Gasteiger partial charge in [-0.1, -0.05) is 23.3 Å². The van der Waals surface area contributed by atoms with E-state index in [4.69, 9.17) is 0 Å². The molecule has 0 atom stereocenters. The topological polar surface area (TPSA) is 58.9 Å². The van der Waals surface area contributed by atoms with Gasteiger partial charge in [-0.3, -0.25) is 4.99 Å². The molecule has 0 aliphatic carbocycles. The van der Waals surface area contributed by atoms with Gasteiger partial charge in [0.25, 0.3) is 0 Å². The van der Waals surface area contributed by atoms with Crippen LogP contribution in [0.15, 0.2) is 40.9 Å². The molecule has 1 N–H and O–H groups in total. The van der Waals surface area contributed by atoms with Gasteiger partial charge < -0.3 is 9.55 Å². The van der Waals surface area contributed by atoms with Gasteiger partial charge in [-0.25, -0.2) is 9.97 Å². The van der Waals surface area contributed by atoms with Gasteiger partial charge in [-0.05, 0) is 27.7 Å². The van der Waals surface area contributed by atoms with Crippen molar-refractivity contribution >= 4 is 11.2 Å². The van der Waals surface area contributed by atoms with Crippen LogP contribution in [-0.2, 0) is 6.54 Å². The number of fused-ring (bicyclic) bond motifs is 1. The summed E-state index contributed by atoms with van der Waals surface area (Å²) < 4.78 is 2.01. The lowest BCUT2D eigenvalue weighted by Gasteiger charge is -2.04. The third-order valence-corrected chi connectivity index (χ3v) is 2.87. The third-order valence-electron chi connectivity index (χ3n) is 2.87. The number of H-pyrrole nitrogens is 1. The average molecular weight is 271 g/mol. The van der Waals surface area contributed by atoms with Gasteiger partial charge in [0.2, 0.25) is 0 Å². The van der Waals surface area contributed by atoms with Gasteiger partial charge in [-0.15, -0.1) is 0 Å². The molecule has 0 amide bonds. The lowest BCUT2D eigenvalue weighted by atomic mass is 10.3. The summed E-state index contributed by atoms with van der Waals surface area (Å²) >= 11 is 0. The Morgan fingerprint density at radius 3 is 2.65 bits per heavy atom. The van der Waals surface area contributed by atoms with Crippen LogP contribution in [0.5, 0.6) is 0 Å². The van der Waals surface area contributed by atoms with Crippen LogP contribution in [0.4, 0.5) is 0 Å². The van der Waals surface area contributed by atoms with Crippen LogP contribution in [0.3, 0.4) is 0 Å². The zero-order chi connectivity index (χ0) is 14.5. The van der Waals surface area contributed by atoms with Crippen LogP contribution in [0.1, 0.15) is 27.7 Å². The van der Waals surface area contributed by atoms with Gasteiger partial charge in [0.15, 0.2) is 11.1 Å². The molecule has 2 rings (SSSR count). The van der Waals surface area contributed by atoms with E-state index in [1.807, 2.05) is 4.57 Å². The molecule has 0 unspecified atom stereocenters. The second kappa shape index (κ2) is 6.32. The maximum Gasteiger partial charge on any atom is 0.177 e. The molecule has 5 nitrogen and oxygen atoms in total. The summed E-state index contributed by atoms with van der Waals surface area (Å²) in [6, 6.07) is 0. The van der Waals surface area contributed by atoms with Crippen molar-refractivity contribution in [2.75, 3.05) is 6.54 Å². The summed E-state index contributed by atoms with van der Waals surface area (Å²) in [4.78, 5) is 16.4. The van der Waals surface area contributed by atoms with Crippen LogP contribution in [0.2, 0.25) is 0 Å². The highest BCUT2D eigenvalue weighted by Gasteiger charge is 2.03. The molecule has 0 saturated heterocycles. The van der Waals surface area contributed by atoms with Crippen molar-refractivity contribution in [3.8, 4) is 0 Å². The van der Waals surface area contributed by atoms with Crippen LogP contribution in [0.25, 0.3) is 11.2 Å². The van der Waals surface area contributed by atoms with Crippen LogP contribution in [-0.4, -0.2) is 26.1 Å². The number of hydrogen-bond donors (Lipinski definition) is 1. The lowest BCUT2D eigenvalue weighted by molar-refractivity contribution is 0.798. The maximum absolute atomic E-state index is 4.50. The van der Waals surface area contributed by atoms with Crippen LogP contribution >= 0.6 is 0 Å². The SMILES string of the molecule is CC(C)=CCN=c1ncn(CC=C(C)C)c2nc[nH]c12. The standard InChI is InChI=1S/C15H21N5/c1-11(2)5-7-16-14-13-15(18-9-17-13)20(10-19-14)8-6-12(3)4/h5-6,9-10H,7-8H2,1-4H3,(H,17,18). The number of nitrogens with one attached hydrogen (secondary N) is 1. The van der Waals surface area contributed by atoms with Gasteiger partial charge in [0, 0.05) is 6.54 Å². The summed E-state index contributed by atoms with van der Waals surface area (Å²) in [7, 11) is 0. The number of nitrogens with zero attached hydrogens (tertiary/aromatic N) is 4. The number of rotatable bonds is 4. The van der Waals surface area contributed by atoms with E-state index in [9.17, 15) is 0 Å². The molecule has 5 heteroatoms. The Morgan fingerprint density at radius 2 is 1.95 bits per heavy atom. The highest BCUT2D eigenvalue weighted by Crippen LogP contribution is 2.04. The number of hydrogen-bond acceptors (Lipinski definition) is 3. The Hall–Kier alpha value is -2.17. The van der Waals surface area contributed by atoms with Crippen molar-refractivity contribution in [2.45, 2.75) is 34.2 Å². The van der Waals surface area contributed by atoms with E-state index in [0.29, 0.717) is 12.0 Å². The number of imidazole rings is 1. The smallest absolute Gasteiger partial charge is 0.177 e. The zero-order valence-corrected chi connectivity index (χ0v) is 12.5. The number of allylic oxidation sites excluding steroid dienone is 3. The molecule has 20 heavy (non-hydrogen) atoms. The summed E-state index contributed by atoms with van der Waals surface area (Å²) in [5.74, 6) is 0. The Labute approximate surface area is 118 Å². The molecule has 0 aromatic carbocycles. The summed E-state index contributed by atoms with van der Waals surface area (Å²) in [6.07, 6.45) is 7.71. The second-order valence-electron chi connectivity index (χ2n) is 5.23. The Kier molecular flexibility index (Phi) is 4.50. The number of aromatic amines is 1. The van der Waals surface area contributed by atoms with E-state index in [2.05, 4.69) is 59.8 Å². The first-order valence-electron chi connectivity index (χ1n) is 6.73. The van der Waals surface area contributed by atoms with E-state index in [1.165, 1.54) is 11.1 Å². The molecular formula is C15H21N5. The largest absolute Gasteiger partial charge is 0.340 e. The third kappa shape index (κ3) is 3.44. The second-order valence-corrected chi connectivity index (χ2v) is 5.23. The van der Waals surface area contributed by atoms with Crippen molar-refractivity contribution in [2.24, 2.45) is 4.99 Å². The molecule has 106 valence electrons. The van der Waals surface area contributed by atoms with Crippen LogP contribution < -0.4 is 5.49 Å². The quantitative estimate of drug-likeness (QED) is 0.869. The summed E-state index contributed by atoms with van der Waals surface area (Å²) in [6.45, 7) is 9.70. The summed E-state index contributed by atoms with van der Waals surface area (Å²) in [5.41, 5.74) is 5.01. The fourth-order valence-corrected chi connectivity index (χ4v) is 1.76. The molecule has 2 heterocycles. The molecule has 0 aliphatic rings. The highest BCUT2D eigenvalue weighted by atomic mass is 15.1. The first-order valence-corrected chi connectivity index (χ1v) is 6.73. The van der Waals surface area contributed by atoms with E-state index >= 15 is 0 Å². The molecule has 0 saturated carbocycles. The highest BCUT2D eigenvalue weighted by molar-refractivity contribution is 5.68.